The summed E-state index contributed by atoms with van der Waals surface area (Å²) in [6.07, 6.45) is 4.29. The molecular formula is C20H19N3O3S. The zero-order valence-electron chi connectivity index (χ0n) is 15.2. The van der Waals surface area contributed by atoms with Crippen molar-refractivity contribution in [1.29, 1.82) is 0 Å². The third-order valence-corrected chi connectivity index (χ3v) is 4.77. The minimum absolute atomic E-state index is 0.259. The van der Waals surface area contributed by atoms with Gasteiger partial charge in [0.05, 0.1) is 18.6 Å². The van der Waals surface area contributed by atoms with Gasteiger partial charge in [-0.15, -0.1) is 0 Å². The van der Waals surface area contributed by atoms with E-state index in [9.17, 15) is 13.2 Å². The number of hydrogen-bond donors (Lipinski definition) is 1. The minimum Gasteiger partial charge on any atom is -0.289 e. The summed E-state index contributed by atoms with van der Waals surface area (Å²) in [5, 5.41) is 9.40. The number of rotatable bonds is 5. The number of Topliss-reactive ketones (excluding diaryl/α,β-unsaturated/α-hetero) is 1. The van der Waals surface area contributed by atoms with E-state index in [1.54, 1.807) is 43.6 Å². The Hall–Kier alpha value is -3.06. The Labute approximate surface area is 158 Å². The molecule has 138 valence electrons. The first-order chi connectivity index (χ1) is 12.7. The fraction of sp³-hybridized carbons (Fsp3) is 0.150. The predicted octanol–water partition coefficient (Wildman–Crippen LogP) is 3.10. The largest absolute Gasteiger partial charge is 0.289 e. The van der Waals surface area contributed by atoms with Crippen LogP contribution in [0.5, 0.6) is 0 Å². The average molecular weight is 381 g/mol. The van der Waals surface area contributed by atoms with Crippen LogP contribution in [0.25, 0.3) is 16.3 Å². The number of sulfonamides is 1. The minimum atomic E-state index is -3.52. The van der Waals surface area contributed by atoms with E-state index in [0.717, 1.165) is 22.6 Å². The van der Waals surface area contributed by atoms with Gasteiger partial charge in [-0.05, 0) is 25.5 Å². The summed E-state index contributed by atoms with van der Waals surface area (Å²) >= 11 is 0. The Balaban J connectivity index is 2.18. The lowest BCUT2D eigenvalue weighted by Gasteiger charge is -2.14. The van der Waals surface area contributed by atoms with Crippen molar-refractivity contribution in [3.63, 3.8) is 0 Å². The molecule has 6 nitrogen and oxygen atoms in total. The highest BCUT2D eigenvalue weighted by Crippen LogP contribution is 2.26. The summed E-state index contributed by atoms with van der Waals surface area (Å²) in [5.74, 6) is -0.259. The second kappa shape index (κ2) is 7.28. The average Bonchev–Trinajstić information content (AvgIpc) is 2.61. The quantitative estimate of drug-likeness (QED) is 0.542. The van der Waals surface area contributed by atoms with E-state index < -0.39 is 10.0 Å². The third-order valence-electron chi connectivity index (χ3n) is 4.09. The normalized spacial score (nSPS) is 12.6. The summed E-state index contributed by atoms with van der Waals surface area (Å²) in [6.45, 7) is 3.52. The SMILES string of the molecule is C/C(NS(C)(=O)=O)=C(\C(=O)c1ccc(C)cc1)c1ccc2cnncc2c1. The smallest absolute Gasteiger partial charge is 0.229 e. The molecule has 1 heterocycles. The molecule has 0 amide bonds. The molecule has 0 bridgehead atoms. The van der Waals surface area contributed by atoms with Gasteiger partial charge >= 0.3 is 0 Å². The Morgan fingerprint density at radius 3 is 2.15 bits per heavy atom. The summed E-state index contributed by atoms with van der Waals surface area (Å²) in [4.78, 5) is 13.2. The lowest BCUT2D eigenvalue weighted by Crippen LogP contribution is -2.22. The van der Waals surface area contributed by atoms with Gasteiger partial charge in [0.2, 0.25) is 10.0 Å². The first kappa shape index (κ1) is 18.7. The number of fused-ring (bicyclic) bond motifs is 1. The summed E-state index contributed by atoms with van der Waals surface area (Å²) in [7, 11) is -3.52. The topological polar surface area (TPSA) is 89.0 Å². The number of carbonyl (C=O) groups is 1. The number of aryl methyl sites for hydroxylation is 1. The highest BCUT2D eigenvalue weighted by molar-refractivity contribution is 7.88. The van der Waals surface area contributed by atoms with Gasteiger partial charge in [0.1, 0.15) is 0 Å². The van der Waals surface area contributed by atoms with Gasteiger partial charge in [0.25, 0.3) is 0 Å². The Morgan fingerprint density at radius 1 is 0.926 bits per heavy atom. The Kier molecular flexibility index (Phi) is 5.05. The van der Waals surface area contributed by atoms with Crippen LogP contribution in [-0.2, 0) is 10.0 Å². The molecule has 1 aromatic heterocycles. The van der Waals surface area contributed by atoms with E-state index in [4.69, 9.17) is 0 Å². The van der Waals surface area contributed by atoms with Gasteiger partial charge in [0, 0.05) is 27.6 Å². The summed E-state index contributed by atoms with van der Waals surface area (Å²) in [6, 6.07) is 12.6. The molecule has 0 radical (unpaired) electrons. The number of allylic oxidation sites excluding steroid dienone is 2. The standard InChI is InChI=1S/C20H19N3O3S/c1-13-4-6-15(7-5-13)20(24)19(14(2)23-27(3,25)26)16-8-9-17-11-21-22-12-18(17)10-16/h4-12,23H,1-3H3/b19-14+. The predicted molar refractivity (Wildman–Crippen MR) is 106 cm³/mol. The van der Waals surface area contributed by atoms with Crippen LogP contribution in [0.3, 0.4) is 0 Å². The van der Waals surface area contributed by atoms with E-state index >= 15 is 0 Å². The molecule has 0 saturated carbocycles. The highest BCUT2D eigenvalue weighted by Gasteiger charge is 2.19. The van der Waals surface area contributed by atoms with Crippen LogP contribution in [0.1, 0.15) is 28.4 Å². The Bertz CT molecular complexity index is 1150. The first-order valence-electron chi connectivity index (χ1n) is 8.25. The van der Waals surface area contributed by atoms with Crippen molar-refractivity contribution in [2.75, 3.05) is 6.26 Å². The van der Waals surface area contributed by atoms with Crippen molar-refractivity contribution in [2.24, 2.45) is 0 Å². The molecule has 27 heavy (non-hydrogen) atoms. The number of benzene rings is 2. The van der Waals surface area contributed by atoms with Crippen LogP contribution in [-0.4, -0.2) is 30.7 Å². The van der Waals surface area contributed by atoms with Crippen LogP contribution in [0.4, 0.5) is 0 Å². The van der Waals surface area contributed by atoms with Crippen LogP contribution < -0.4 is 4.72 Å². The van der Waals surface area contributed by atoms with Crippen LogP contribution in [0.15, 0.2) is 60.6 Å². The van der Waals surface area contributed by atoms with Gasteiger partial charge < -0.3 is 0 Å². The van der Waals surface area contributed by atoms with E-state index in [1.807, 2.05) is 25.1 Å². The molecule has 0 atom stereocenters. The maximum absolute atomic E-state index is 13.2. The molecule has 2 aromatic carbocycles. The van der Waals surface area contributed by atoms with Crippen molar-refractivity contribution >= 4 is 32.2 Å². The van der Waals surface area contributed by atoms with E-state index in [1.165, 1.54) is 0 Å². The summed E-state index contributed by atoms with van der Waals surface area (Å²) in [5.41, 5.74) is 2.69. The highest BCUT2D eigenvalue weighted by atomic mass is 32.2. The number of ketones is 1. The zero-order chi connectivity index (χ0) is 19.6. The molecule has 3 aromatic rings. The second-order valence-electron chi connectivity index (χ2n) is 6.40. The third kappa shape index (κ3) is 4.38. The van der Waals surface area contributed by atoms with Crippen molar-refractivity contribution < 1.29 is 13.2 Å². The van der Waals surface area contributed by atoms with Crippen molar-refractivity contribution in [3.05, 3.63) is 77.2 Å². The number of nitrogens with zero attached hydrogens (tertiary/aromatic N) is 2. The van der Waals surface area contributed by atoms with E-state index in [2.05, 4.69) is 14.9 Å². The summed E-state index contributed by atoms with van der Waals surface area (Å²) < 4.78 is 25.9. The Morgan fingerprint density at radius 2 is 1.52 bits per heavy atom. The van der Waals surface area contributed by atoms with Gasteiger partial charge in [-0.25, -0.2) is 8.42 Å². The number of hydrogen-bond acceptors (Lipinski definition) is 5. The molecule has 0 unspecified atom stereocenters. The zero-order valence-corrected chi connectivity index (χ0v) is 16.0. The maximum Gasteiger partial charge on any atom is 0.229 e. The van der Waals surface area contributed by atoms with Gasteiger partial charge in [-0.1, -0.05) is 42.0 Å². The fourth-order valence-corrected chi connectivity index (χ4v) is 3.51. The van der Waals surface area contributed by atoms with Crippen LogP contribution in [0.2, 0.25) is 0 Å². The maximum atomic E-state index is 13.2. The van der Waals surface area contributed by atoms with Crippen molar-refractivity contribution in [1.82, 2.24) is 14.9 Å². The number of carbonyl (C=O) groups excluding carboxylic acids is 1. The van der Waals surface area contributed by atoms with Gasteiger partial charge in [0.15, 0.2) is 5.78 Å². The molecule has 0 spiro atoms. The van der Waals surface area contributed by atoms with Crippen LogP contribution in [0, 0.1) is 6.92 Å². The van der Waals surface area contributed by atoms with Crippen molar-refractivity contribution in [2.45, 2.75) is 13.8 Å². The molecule has 0 saturated heterocycles. The van der Waals surface area contributed by atoms with Gasteiger partial charge in [-0.3, -0.25) is 9.52 Å². The first-order valence-corrected chi connectivity index (χ1v) is 10.1. The molecule has 0 aliphatic rings. The van der Waals surface area contributed by atoms with E-state index in [-0.39, 0.29) is 11.5 Å². The van der Waals surface area contributed by atoms with Crippen LogP contribution >= 0.6 is 0 Å². The monoisotopic (exact) mass is 381 g/mol. The molecule has 7 heteroatoms. The molecule has 1 N–H and O–H groups in total. The van der Waals surface area contributed by atoms with Gasteiger partial charge in [-0.2, -0.15) is 10.2 Å². The van der Waals surface area contributed by atoms with E-state index in [0.29, 0.717) is 16.7 Å². The molecule has 0 aliphatic heterocycles. The molecule has 3 rings (SSSR count). The molecular weight excluding hydrogens is 362 g/mol. The second-order valence-corrected chi connectivity index (χ2v) is 8.15. The number of aromatic nitrogens is 2. The molecule has 0 fully saturated rings. The van der Waals surface area contributed by atoms with Crippen molar-refractivity contribution in [3.8, 4) is 0 Å². The lowest BCUT2D eigenvalue weighted by molar-refractivity contribution is 0.105. The lowest BCUT2D eigenvalue weighted by atomic mass is 9.93. The number of nitrogens with one attached hydrogen (secondary N) is 1. The molecule has 0 aliphatic carbocycles. The fourth-order valence-electron chi connectivity index (χ4n) is 2.85.